The van der Waals surface area contributed by atoms with Crippen LogP contribution >= 0.6 is 0 Å². The van der Waals surface area contributed by atoms with Gasteiger partial charge in [-0.3, -0.25) is 4.79 Å². The number of Topliss-reactive ketones (excluding diaryl/α,β-unsaturated/α-hetero) is 1. The third kappa shape index (κ3) is 3.87. The summed E-state index contributed by atoms with van der Waals surface area (Å²) in [5.41, 5.74) is -0.207. The first-order valence-corrected chi connectivity index (χ1v) is 5.43. The van der Waals surface area contributed by atoms with Crippen LogP contribution in [0.15, 0.2) is 24.3 Å². The quantitative estimate of drug-likeness (QED) is 0.740. The predicted octanol–water partition coefficient (Wildman–Crippen LogP) is 0.360. The minimum Gasteiger partial charge on any atom is -0.486 e. The lowest BCUT2D eigenvalue weighted by Crippen LogP contribution is -2.33. The molecule has 0 heterocycles. The highest BCUT2D eigenvalue weighted by molar-refractivity contribution is 6.59. The van der Waals surface area contributed by atoms with Gasteiger partial charge in [0.2, 0.25) is 0 Å². The van der Waals surface area contributed by atoms with Gasteiger partial charge in [-0.05, 0) is 6.07 Å². The summed E-state index contributed by atoms with van der Waals surface area (Å²) in [6.45, 7) is 5.36. The molecule has 0 spiro atoms. The molecule has 92 valence electrons. The maximum absolute atomic E-state index is 11.7. The zero-order valence-corrected chi connectivity index (χ0v) is 10.3. The van der Waals surface area contributed by atoms with Gasteiger partial charge in [0.15, 0.2) is 5.78 Å². The largest absolute Gasteiger partial charge is 0.492 e. The van der Waals surface area contributed by atoms with Crippen molar-refractivity contribution in [1.29, 1.82) is 0 Å². The highest BCUT2D eigenvalue weighted by Crippen LogP contribution is 2.15. The fourth-order valence-corrected chi connectivity index (χ4v) is 1.19. The summed E-state index contributed by atoms with van der Waals surface area (Å²) in [5, 5.41) is 18.2. The molecule has 0 aliphatic heterocycles. The van der Waals surface area contributed by atoms with Crippen LogP contribution in [0, 0.1) is 5.41 Å². The summed E-state index contributed by atoms with van der Waals surface area (Å²) in [5.74, 6) is 0.278. The number of ether oxygens (including phenoxy) is 1. The van der Waals surface area contributed by atoms with E-state index in [2.05, 4.69) is 0 Å². The average Bonchev–Trinajstić information content (AvgIpc) is 2.24. The van der Waals surface area contributed by atoms with Crippen LogP contribution in [0.4, 0.5) is 0 Å². The Kier molecular flexibility index (Phi) is 4.31. The third-order valence-corrected chi connectivity index (χ3v) is 2.39. The molecule has 2 N–H and O–H groups in total. The van der Waals surface area contributed by atoms with Gasteiger partial charge in [-0.2, -0.15) is 0 Å². The summed E-state index contributed by atoms with van der Waals surface area (Å²) in [6, 6.07) is 6.53. The molecule has 4 nitrogen and oxygen atoms in total. The molecule has 0 aliphatic carbocycles. The van der Waals surface area contributed by atoms with Gasteiger partial charge in [0.1, 0.15) is 12.4 Å². The lowest BCUT2D eigenvalue weighted by atomic mass is 9.79. The van der Waals surface area contributed by atoms with Crippen molar-refractivity contribution >= 4 is 18.4 Å². The van der Waals surface area contributed by atoms with E-state index in [-0.39, 0.29) is 17.9 Å². The van der Waals surface area contributed by atoms with Crippen LogP contribution in [0.5, 0.6) is 5.75 Å². The minimum atomic E-state index is -1.60. The molecular weight excluding hydrogens is 219 g/mol. The fraction of sp³-hybridized carbons (Fsp3) is 0.417. The average molecular weight is 236 g/mol. The van der Waals surface area contributed by atoms with Gasteiger partial charge in [0.05, 0.1) is 0 Å². The van der Waals surface area contributed by atoms with E-state index in [1.54, 1.807) is 24.3 Å². The van der Waals surface area contributed by atoms with E-state index < -0.39 is 12.5 Å². The third-order valence-electron chi connectivity index (χ3n) is 2.39. The Morgan fingerprint density at radius 1 is 1.29 bits per heavy atom. The van der Waals surface area contributed by atoms with E-state index >= 15 is 0 Å². The van der Waals surface area contributed by atoms with Crippen LogP contribution in [0.25, 0.3) is 0 Å². The molecule has 0 fully saturated rings. The zero-order valence-electron chi connectivity index (χ0n) is 10.3. The van der Waals surface area contributed by atoms with Crippen molar-refractivity contribution in [3.63, 3.8) is 0 Å². The van der Waals surface area contributed by atoms with E-state index in [0.717, 1.165) is 0 Å². The Labute approximate surface area is 101 Å². The Morgan fingerprint density at radius 2 is 1.88 bits per heavy atom. The lowest BCUT2D eigenvalue weighted by Gasteiger charge is -2.17. The Hall–Kier alpha value is -1.33. The molecule has 0 bridgehead atoms. The monoisotopic (exact) mass is 236 g/mol. The summed E-state index contributed by atoms with van der Waals surface area (Å²) in [7, 11) is -1.60. The Morgan fingerprint density at radius 3 is 2.41 bits per heavy atom. The van der Waals surface area contributed by atoms with Crippen LogP contribution in [0.2, 0.25) is 0 Å². The smallest absolute Gasteiger partial charge is 0.486 e. The molecule has 1 rings (SSSR count). The van der Waals surface area contributed by atoms with E-state index in [4.69, 9.17) is 14.8 Å². The number of carbonyl (C=O) groups excluding carboxylic acids is 1. The highest BCUT2D eigenvalue weighted by Gasteiger charge is 2.23. The molecule has 1 aromatic carbocycles. The van der Waals surface area contributed by atoms with Gasteiger partial charge in [-0.25, -0.2) is 0 Å². The summed E-state index contributed by atoms with van der Waals surface area (Å²) < 4.78 is 5.32. The second kappa shape index (κ2) is 5.34. The van der Waals surface area contributed by atoms with Crippen molar-refractivity contribution in [2.45, 2.75) is 20.8 Å². The van der Waals surface area contributed by atoms with Crippen LogP contribution in [-0.2, 0) is 4.79 Å². The first-order chi connectivity index (χ1) is 7.82. The van der Waals surface area contributed by atoms with Gasteiger partial charge >= 0.3 is 7.12 Å². The Balaban J connectivity index is 2.73. The number of benzene rings is 1. The fourth-order valence-electron chi connectivity index (χ4n) is 1.19. The summed E-state index contributed by atoms with van der Waals surface area (Å²) >= 11 is 0. The lowest BCUT2D eigenvalue weighted by molar-refractivity contribution is -0.128. The van der Waals surface area contributed by atoms with Crippen LogP contribution in [0.1, 0.15) is 20.8 Å². The molecule has 0 aromatic heterocycles. The topological polar surface area (TPSA) is 66.8 Å². The maximum Gasteiger partial charge on any atom is 0.492 e. The molecule has 0 atom stereocenters. The zero-order chi connectivity index (χ0) is 13.1. The molecule has 0 saturated heterocycles. The molecule has 5 heteroatoms. The second-order valence-electron chi connectivity index (χ2n) is 4.87. The highest BCUT2D eigenvalue weighted by atomic mass is 16.5. The number of para-hydroxylation sites is 1. The molecular formula is C12H17BO4. The predicted molar refractivity (Wildman–Crippen MR) is 66.2 cm³/mol. The molecule has 1 aromatic rings. The van der Waals surface area contributed by atoms with Gasteiger partial charge in [-0.15, -0.1) is 0 Å². The maximum atomic E-state index is 11.7. The van der Waals surface area contributed by atoms with Crippen LogP contribution < -0.4 is 10.2 Å². The van der Waals surface area contributed by atoms with Crippen molar-refractivity contribution in [3.05, 3.63) is 24.3 Å². The van der Waals surface area contributed by atoms with Crippen LogP contribution in [-0.4, -0.2) is 29.6 Å². The summed E-state index contributed by atoms with van der Waals surface area (Å²) in [4.78, 5) is 11.7. The first kappa shape index (κ1) is 13.7. The molecule has 0 aliphatic rings. The Bertz CT molecular complexity index is 396. The van der Waals surface area contributed by atoms with Gasteiger partial charge in [0, 0.05) is 10.9 Å². The van der Waals surface area contributed by atoms with E-state index in [0.29, 0.717) is 5.75 Å². The number of hydrogen-bond acceptors (Lipinski definition) is 4. The van der Waals surface area contributed by atoms with Crippen molar-refractivity contribution in [1.82, 2.24) is 0 Å². The number of ketones is 1. The molecule has 0 unspecified atom stereocenters. The van der Waals surface area contributed by atoms with E-state index in [9.17, 15) is 4.79 Å². The van der Waals surface area contributed by atoms with Crippen molar-refractivity contribution < 1.29 is 19.6 Å². The molecule has 0 saturated carbocycles. The first-order valence-electron chi connectivity index (χ1n) is 5.43. The normalized spacial score (nSPS) is 11.1. The van der Waals surface area contributed by atoms with Crippen LogP contribution in [0.3, 0.4) is 0 Å². The number of rotatable bonds is 4. The minimum absolute atomic E-state index is 0.0419. The van der Waals surface area contributed by atoms with E-state index in [1.807, 2.05) is 20.8 Å². The standard InChI is InChI=1S/C12H17BO4/c1-12(2,3)11(14)8-17-10-7-5-4-6-9(10)13(15)16/h4-7,15-16H,8H2,1-3H3. The SMILES string of the molecule is CC(C)(C)C(=O)COc1ccccc1B(O)O. The van der Waals surface area contributed by atoms with Gasteiger partial charge in [0.25, 0.3) is 0 Å². The molecule has 0 amide bonds. The van der Waals surface area contributed by atoms with Crippen molar-refractivity contribution in [2.24, 2.45) is 5.41 Å². The second-order valence-corrected chi connectivity index (χ2v) is 4.87. The van der Waals surface area contributed by atoms with E-state index in [1.165, 1.54) is 0 Å². The molecule has 17 heavy (non-hydrogen) atoms. The number of hydrogen-bond donors (Lipinski definition) is 2. The molecule has 0 radical (unpaired) electrons. The van der Waals surface area contributed by atoms with Crippen molar-refractivity contribution in [3.8, 4) is 5.75 Å². The van der Waals surface area contributed by atoms with Gasteiger partial charge < -0.3 is 14.8 Å². The number of carbonyl (C=O) groups is 1. The summed E-state index contributed by atoms with van der Waals surface area (Å²) in [6.07, 6.45) is 0. The van der Waals surface area contributed by atoms with Crippen molar-refractivity contribution in [2.75, 3.05) is 6.61 Å². The van der Waals surface area contributed by atoms with Gasteiger partial charge in [-0.1, -0.05) is 39.0 Å².